The first-order chi connectivity index (χ1) is 8.31. The van der Waals surface area contributed by atoms with Gasteiger partial charge in [-0.05, 0) is 0 Å². The molecule has 1 heterocycles. The van der Waals surface area contributed by atoms with Gasteiger partial charge in [-0.15, -0.1) is 11.3 Å². The van der Waals surface area contributed by atoms with Gasteiger partial charge in [0.2, 0.25) is 0 Å². The van der Waals surface area contributed by atoms with E-state index in [2.05, 4.69) is 5.32 Å². The number of rotatable bonds is 4. The van der Waals surface area contributed by atoms with E-state index in [1.807, 2.05) is 27.9 Å². The molecule has 0 radical (unpaired) electrons. The van der Waals surface area contributed by atoms with E-state index in [1.54, 1.807) is 11.9 Å². The third-order valence-corrected chi connectivity index (χ3v) is 3.92. The summed E-state index contributed by atoms with van der Waals surface area (Å²) in [6.45, 7) is 3.63. The van der Waals surface area contributed by atoms with Crippen LogP contribution in [-0.4, -0.2) is 32.8 Å². The van der Waals surface area contributed by atoms with E-state index in [-0.39, 0.29) is 23.3 Å². The Morgan fingerprint density at radius 1 is 1.33 bits per heavy atom. The second kappa shape index (κ2) is 5.39. The number of thiophene rings is 1. The van der Waals surface area contributed by atoms with Crippen LogP contribution >= 0.6 is 11.3 Å². The van der Waals surface area contributed by atoms with Gasteiger partial charge < -0.3 is 16.0 Å². The maximum absolute atomic E-state index is 12.0. The number of nitrogen functional groups attached to an aromatic ring is 1. The van der Waals surface area contributed by atoms with E-state index in [1.165, 1.54) is 11.3 Å². The molecular weight excluding hydrogens is 250 g/mol. The third-order valence-electron chi connectivity index (χ3n) is 2.54. The largest absolute Gasteiger partial charge is 0.397 e. The van der Waals surface area contributed by atoms with Crippen molar-refractivity contribution < 1.29 is 9.59 Å². The second-order valence-corrected chi connectivity index (χ2v) is 5.52. The fourth-order valence-corrected chi connectivity index (χ4v) is 2.76. The quantitative estimate of drug-likeness (QED) is 0.814. The van der Waals surface area contributed by atoms with E-state index in [9.17, 15) is 9.59 Å². The van der Waals surface area contributed by atoms with Crippen LogP contribution in [0.4, 0.5) is 10.7 Å². The molecule has 0 saturated heterocycles. The topological polar surface area (TPSA) is 75.4 Å². The fourth-order valence-electron chi connectivity index (χ4n) is 1.54. The lowest BCUT2D eigenvalue weighted by Gasteiger charge is -2.11. The summed E-state index contributed by atoms with van der Waals surface area (Å²) < 4.78 is 0. The van der Waals surface area contributed by atoms with Gasteiger partial charge in [-0.3, -0.25) is 9.59 Å². The van der Waals surface area contributed by atoms with Gasteiger partial charge in [0.1, 0.15) is 5.00 Å². The molecule has 18 heavy (non-hydrogen) atoms. The predicted octanol–water partition coefficient (Wildman–Crippen LogP) is 1.59. The lowest BCUT2D eigenvalue weighted by molar-refractivity contribution is 0.0944. The van der Waals surface area contributed by atoms with Gasteiger partial charge in [0, 0.05) is 27.1 Å². The van der Waals surface area contributed by atoms with Crippen molar-refractivity contribution in [3.63, 3.8) is 0 Å². The van der Waals surface area contributed by atoms with Crippen molar-refractivity contribution in [2.24, 2.45) is 5.92 Å². The van der Waals surface area contributed by atoms with Crippen molar-refractivity contribution in [1.82, 2.24) is 5.32 Å². The zero-order valence-electron chi connectivity index (χ0n) is 11.3. The number of carbonyl (C=O) groups is 2. The molecule has 0 fully saturated rings. The molecule has 0 aromatic carbocycles. The van der Waals surface area contributed by atoms with Crippen LogP contribution in [0.3, 0.4) is 0 Å². The number of carbonyl (C=O) groups excluding carboxylic acids is 2. The van der Waals surface area contributed by atoms with Crippen molar-refractivity contribution in [3.05, 3.63) is 10.4 Å². The average Bonchev–Trinajstić information content (AvgIpc) is 2.65. The molecule has 0 saturated carbocycles. The molecule has 0 atom stereocenters. The molecule has 0 unspecified atom stereocenters. The maximum Gasteiger partial charge on any atom is 0.256 e. The highest BCUT2D eigenvalue weighted by molar-refractivity contribution is 7.19. The van der Waals surface area contributed by atoms with Gasteiger partial charge in [0.25, 0.3) is 5.91 Å². The first kappa shape index (κ1) is 14.5. The summed E-state index contributed by atoms with van der Waals surface area (Å²) >= 11 is 1.26. The fraction of sp³-hybridized carbons (Fsp3) is 0.500. The molecule has 0 aliphatic heterocycles. The van der Waals surface area contributed by atoms with Crippen LogP contribution in [0.25, 0.3) is 0 Å². The van der Waals surface area contributed by atoms with E-state index in [0.717, 1.165) is 0 Å². The molecule has 0 bridgehead atoms. The Hall–Kier alpha value is -1.56. The lowest BCUT2D eigenvalue weighted by Crippen LogP contribution is -2.22. The van der Waals surface area contributed by atoms with Gasteiger partial charge in [0.15, 0.2) is 5.78 Å². The molecule has 5 nitrogen and oxygen atoms in total. The minimum absolute atomic E-state index is 0.0317. The summed E-state index contributed by atoms with van der Waals surface area (Å²) in [6, 6.07) is 0. The summed E-state index contributed by atoms with van der Waals surface area (Å²) in [7, 11) is 5.19. The molecule has 100 valence electrons. The molecule has 6 heteroatoms. The predicted molar refractivity (Wildman–Crippen MR) is 75.6 cm³/mol. The highest BCUT2D eigenvalue weighted by atomic mass is 32.1. The Labute approximate surface area is 111 Å². The SMILES string of the molecule is CNC(=O)c1c(N(C)C)sc(C(=O)C(C)C)c1N. The second-order valence-electron chi connectivity index (χ2n) is 4.52. The van der Waals surface area contributed by atoms with Crippen molar-refractivity contribution in [1.29, 1.82) is 0 Å². The van der Waals surface area contributed by atoms with E-state index in [4.69, 9.17) is 5.73 Å². The number of hydrogen-bond donors (Lipinski definition) is 2. The summed E-state index contributed by atoms with van der Waals surface area (Å²) in [5.41, 5.74) is 6.62. The Morgan fingerprint density at radius 3 is 2.28 bits per heavy atom. The van der Waals surface area contributed by atoms with Crippen LogP contribution in [0.5, 0.6) is 0 Å². The van der Waals surface area contributed by atoms with Crippen LogP contribution in [0.2, 0.25) is 0 Å². The number of anilines is 2. The monoisotopic (exact) mass is 269 g/mol. The first-order valence-electron chi connectivity index (χ1n) is 5.67. The van der Waals surface area contributed by atoms with Crippen molar-refractivity contribution >= 4 is 33.7 Å². The number of Topliss-reactive ketones (excluding diaryl/α,β-unsaturated/α-hetero) is 1. The number of amides is 1. The van der Waals surface area contributed by atoms with Crippen molar-refractivity contribution in [2.75, 3.05) is 31.8 Å². The van der Waals surface area contributed by atoms with Gasteiger partial charge in [-0.25, -0.2) is 0 Å². The van der Waals surface area contributed by atoms with Gasteiger partial charge >= 0.3 is 0 Å². The molecule has 0 aliphatic rings. The lowest BCUT2D eigenvalue weighted by atomic mass is 10.1. The summed E-state index contributed by atoms with van der Waals surface area (Å²) in [5, 5.41) is 3.25. The van der Waals surface area contributed by atoms with Gasteiger partial charge in [-0.1, -0.05) is 13.8 Å². The molecule has 1 amide bonds. The average molecular weight is 269 g/mol. The number of nitrogens with one attached hydrogen (secondary N) is 1. The minimum Gasteiger partial charge on any atom is -0.397 e. The summed E-state index contributed by atoms with van der Waals surface area (Å²) in [4.78, 5) is 26.1. The van der Waals surface area contributed by atoms with Crippen LogP contribution in [-0.2, 0) is 0 Å². The maximum atomic E-state index is 12.0. The third kappa shape index (κ3) is 2.48. The van der Waals surface area contributed by atoms with Crippen molar-refractivity contribution in [3.8, 4) is 0 Å². The Kier molecular flexibility index (Phi) is 4.34. The number of hydrogen-bond acceptors (Lipinski definition) is 5. The summed E-state index contributed by atoms with van der Waals surface area (Å²) in [6.07, 6.45) is 0. The van der Waals surface area contributed by atoms with E-state index in [0.29, 0.717) is 15.4 Å². The van der Waals surface area contributed by atoms with Crippen LogP contribution in [0.1, 0.15) is 33.9 Å². The highest BCUT2D eigenvalue weighted by Gasteiger charge is 2.26. The number of ketones is 1. The first-order valence-corrected chi connectivity index (χ1v) is 6.48. The van der Waals surface area contributed by atoms with Gasteiger partial charge in [0.05, 0.1) is 16.1 Å². The van der Waals surface area contributed by atoms with Crippen molar-refractivity contribution in [2.45, 2.75) is 13.8 Å². The smallest absolute Gasteiger partial charge is 0.256 e. The highest BCUT2D eigenvalue weighted by Crippen LogP contribution is 2.38. The number of nitrogens with two attached hydrogens (primary N) is 1. The standard InChI is InChI=1S/C12H19N3O2S/c1-6(2)9(16)10-8(13)7(11(17)14-3)12(18-10)15(4)5/h6H,13H2,1-5H3,(H,14,17). The molecular formula is C12H19N3O2S. The van der Waals surface area contributed by atoms with Crippen LogP contribution in [0.15, 0.2) is 0 Å². The molecule has 1 aromatic heterocycles. The molecule has 1 aromatic rings. The normalized spacial score (nSPS) is 10.6. The Balaban J connectivity index is 3.42. The van der Waals surface area contributed by atoms with E-state index >= 15 is 0 Å². The zero-order valence-corrected chi connectivity index (χ0v) is 12.1. The summed E-state index contributed by atoms with van der Waals surface area (Å²) in [5.74, 6) is -0.440. The molecule has 1 rings (SSSR count). The van der Waals surface area contributed by atoms with Gasteiger partial charge in [-0.2, -0.15) is 0 Å². The Bertz CT molecular complexity index is 478. The zero-order chi connectivity index (χ0) is 14.0. The van der Waals surface area contributed by atoms with Crippen LogP contribution in [0, 0.1) is 5.92 Å². The molecule has 0 spiro atoms. The molecule has 3 N–H and O–H groups in total. The van der Waals surface area contributed by atoms with E-state index < -0.39 is 0 Å². The molecule has 0 aliphatic carbocycles. The number of nitrogens with zero attached hydrogens (tertiary/aromatic N) is 1. The Morgan fingerprint density at radius 2 is 1.89 bits per heavy atom. The minimum atomic E-state index is -0.268. The van der Waals surface area contributed by atoms with Crippen LogP contribution < -0.4 is 16.0 Å².